The van der Waals surface area contributed by atoms with Crippen LogP contribution in [0.25, 0.3) is 0 Å². The number of ether oxygens (including phenoxy) is 1. The van der Waals surface area contributed by atoms with Gasteiger partial charge in [-0.05, 0) is 42.0 Å². The number of anilines is 2. The van der Waals surface area contributed by atoms with Gasteiger partial charge in [0, 0.05) is 18.7 Å². The number of carbonyl (C=O) groups excluding carboxylic acids is 1. The summed E-state index contributed by atoms with van der Waals surface area (Å²) in [5.74, 6) is 0.620. The maximum absolute atomic E-state index is 13.1. The van der Waals surface area contributed by atoms with Crippen molar-refractivity contribution in [3.05, 3.63) is 102 Å². The van der Waals surface area contributed by atoms with E-state index in [0.29, 0.717) is 29.4 Å². The molecule has 0 aliphatic rings. The molecule has 0 radical (unpaired) electrons. The Kier molecular flexibility index (Phi) is 6.65. The van der Waals surface area contributed by atoms with Crippen LogP contribution < -0.4 is 14.4 Å². The quantitative estimate of drug-likeness (QED) is 0.415. The fourth-order valence-electron chi connectivity index (χ4n) is 3.47. The molecule has 1 heterocycles. The molecule has 3 aromatic carbocycles. The Hall–Kier alpha value is -4.11. The van der Waals surface area contributed by atoms with Crippen molar-refractivity contribution in [2.45, 2.75) is 11.4 Å². The molecule has 0 aliphatic heterocycles. The Labute approximate surface area is 198 Å². The minimum absolute atomic E-state index is 0.0616. The average molecular weight is 477 g/mol. The Morgan fingerprint density at radius 1 is 0.971 bits per heavy atom. The third-order valence-corrected chi connectivity index (χ3v) is 7.12. The van der Waals surface area contributed by atoms with E-state index < -0.39 is 10.0 Å². The number of sulfonamides is 1. The first-order valence-electron chi connectivity index (χ1n) is 10.5. The van der Waals surface area contributed by atoms with Crippen molar-refractivity contribution in [1.82, 2.24) is 9.78 Å². The zero-order valence-electron chi connectivity index (χ0n) is 18.8. The van der Waals surface area contributed by atoms with Gasteiger partial charge in [0.1, 0.15) is 11.6 Å². The molecule has 4 rings (SSSR count). The summed E-state index contributed by atoms with van der Waals surface area (Å²) in [6.45, 7) is 0.510. The van der Waals surface area contributed by atoms with Gasteiger partial charge in [0.15, 0.2) is 0 Å². The minimum Gasteiger partial charge on any atom is -0.495 e. The minimum atomic E-state index is -3.85. The van der Waals surface area contributed by atoms with E-state index in [1.54, 1.807) is 41.2 Å². The number of nitrogens with zero attached hydrogens (tertiary/aromatic N) is 3. The van der Waals surface area contributed by atoms with Crippen molar-refractivity contribution in [3.63, 3.8) is 0 Å². The second kappa shape index (κ2) is 9.80. The lowest BCUT2D eigenvalue weighted by molar-refractivity contribution is 0.102. The number of aromatic nitrogens is 2. The summed E-state index contributed by atoms with van der Waals surface area (Å²) in [5, 5.41) is 7.11. The van der Waals surface area contributed by atoms with E-state index in [9.17, 15) is 13.2 Å². The number of hydrogen-bond donors (Lipinski definition) is 1. The third kappa shape index (κ3) is 4.79. The standard InChI is InChI=1S/C25H24N4O4S/c1-28(22-10-6-7-11-23(22)33-2)34(31,32)21-14-12-20(13-15-21)25(30)27-24-16-17-26-29(24)18-19-8-4-3-5-9-19/h3-17H,18H2,1-2H3,(H,27,30). The molecule has 0 aliphatic carbocycles. The molecule has 9 heteroatoms. The van der Waals surface area contributed by atoms with Gasteiger partial charge in [-0.3, -0.25) is 9.10 Å². The number of hydrogen-bond acceptors (Lipinski definition) is 5. The molecule has 0 bridgehead atoms. The number of para-hydroxylation sites is 2. The predicted molar refractivity (Wildman–Crippen MR) is 131 cm³/mol. The van der Waals surface area contributed by atoms with Crippen molar-refractivity contribution >= 4 is 27.4 Å². The van der Waals surface area contributed by atoms with E-state index in [2.05, 4.69) is 10.4 Å². The molecule has 1 N–H and O–H groups in total. The second-order valence-corrected chi connectivity index (χ2v) is 9.45. The molecule has 0 saturated heterocycles. The van der Waals surface area contributed by atoms with Crippen molar-refractivity contribution in [3.8, 4) is 5.75 Å². The average Bonchev–Trinajstić information content (AvgIpc) is 3.30. The van der Waals surface area contributed by atoms with Crippen LogP contribution in [0.5, 0.6) is 5.75 Å². The van der Waals surface area contributed by atoms with E-state index in [0.717, 1.165) is 9.87 Å². The van der Waals surface area contributed by atoms with E-state index in [1.807, 2.05) is 30.3 Å². The molecule has 0 spiro atoms. The molecule has 0 atom stereocenters. The van der Waals surface area contributed by atoms with Gasteiger partial charge in [-0.25, -0.2) is 13.1 Å². The van der Waals surface area contributed by atoms with Crippen LogP contribution >= 0.6 is 0 Å². The van der Waals surface area contributed by atoms with Crippen LogP contribution in [-0.2, 0) is 16.6 Å². The highest BCUT2D eigenvalue weighted by atomic mass is 32.2. The summed E-state index contributed by atoms with van der Waals surface area (Å²) in [6.07, 6.45) is 1.61. The number of benzene rings is 3. The van der Waals surface area contributed by atoms with Crippen molar-refractivity contribution < 1.29 is 17.9 Å². The highest BCUT2D eigenvalue weighted by molar-refractivity contribution is 7.92. The number of rotatable bonds is 8. The Balaban J connectivity index is 1.50. The van der Waals surface area contributed by atoms with Crippen LogP contribution in [0, 0.1) is 0 Å². The number of nitrogens with one attached hydrogen (secondary N) is 1. The van der Waals surface area contributed by atoms with Gasteiger partial charge in [0.25, 0.3) is 15.9 Å². The first-order chi connectivity index (χ1) is 16.4. The monoisotopic (exact) mass is 476 g/mol. The van der Waals surface area contributed by atoms with Gasteiger partial charge in [-0.2, -0.15) is 5.10 Å². The number of methoxy groups -OCH3 is 1. The summed E-state index contributed by atoms with van der Waals surface area (Å²) in [5.41, 5.74) is 1.79. The summed E-state index contributed by atoms with van der Waals surface area (Å²) >= 11 is 0. The summed E-state index contributed by atoms with van der Waals surface area (Å²) in [4.78, 5) is 12.8. The van der Waals surface area contributed by atoms with E-state index in [4.69, 9.17) is 4.74 Å². The molecular weight excluding hydrogens is 452 g/mol. The third-order valence-electron chi connectivity index (χ3n) is 5.33. The van der Waals surface area contributed by atoms with Crippen molar-refractivity contribution in [2.24, 2.45) is 0 Å². The van der Waals surface area contributed by atoms with Crippen molar-refractivity contribution in [2.75, 3.05) is 23.8 Å². The number of amides is 1. The molecule has 4 aromatic rings. The molecule has 1 aromatic heterocycles. The molecular formula is C25H24N4O4S. The zero-order valence-corrected chi connectivity index (χ0v) is 19.6. The van der Waals surface area contributed by atoms with Gasteiger partial charge < -0.3 is 10.1 Å². The van der Waals surface area contributed by atoms with Crippen LogP contribution in [0.2, 0.25) is 0 Å². The molecule has 8 nitrogen and oxygen atoms in total. The maximum atomic E-state index is 13.1. The summed E-state index contributed by atoms with van der Waals surface area (Å²) < 4.78 is 34.4. The van der Waals surface area contributed by atoms with E-state index in [-0.39, 0.29) is 10.8 Å². The fourth-order valence-corrected chi connectivity index (χ4v) is 4.67. The first kappa shape index (κ1) is 23.1. The van der Waals surface area contributed by atoms with E-state index in [1.165, 1.54) is 38.4 Å². The molecule has 0 fully saturated rings. The van der Waals surface area contributed by atoms with Crippen molar-refractivity contribution in [1.29, 1.82) is 0 Å². The lowest BCUT2D eigenvalue weighted by atomic mass is 10.2. The van der Waals surface area contributed by atoms with Crippen LogP contribution in [-0.4, -0.2) is 38.3 Å². The van der Waals surface area contributed by atoms with Crippen LogP contribution in [0.4, 0.5) is 11.5 Å². The summed E-state index contributed by atoms with van der Waals surface area (Å²) in [7, 11) is -0.906. The Morgan fingerprint density at radius 3 is 2.35 bits per heavy atom. The van der Waals surface area contributed by atoms with Gasteiger partial charge in [0.05, 0.1) is 30.4 Å². The fraction of sp³-hybridized carbons (Fsp3) is 0.120. The molecule has 0 saturated carbocycles. The first-order valence-corrected chi connectivity index (χ1v) is 11.9. The highest BCUT2D eigenvalue weighted by Gasteiger charge is 2.24. The Bertz CT molecular complexity index is 1380. The van der Waals surface area contributed by atoms with Gasteiger partial charge in [-0.15, -0.1) is 0 Å². The largest absolute Gasteiger partial charge is 0.495 e. The maximum Gasteiger partial charge on any atom is 0.264 e. The molecule has 0 unspecified atom stereocenters. The topological polar surface area (TPSA) is 93.5 Å². The lowest BCUT2D eigenvalue weighted by Crippen LogP contribution is -2.27. The van der Waals surface area contributed by atoms with Crippen LogP contribution in [0.3, 0.4) is 0 Å². The Morgan fingerprint density at radius 2 is 1.65 bits per heavy atom. The van der Waals surface area contributed by atoms with Crippen LogP contribution in [0.1, 0.15) is 15.9 Å². The number of carbonyl (C=O) groups is 1. The normalized spacial score (nSPS) is 11.1. The van der Waals surface area contributed by atoms with Gasteiger partial charge in [0.2, 0.25) is 0 Å². The SMILES string of the molecule is COc1ccccc1N(C)S(=O)(=O)c1ccc(C(=O)Nc2ccnn2Cc2ccccc2)cc1. The predicted octanol–water partition coefficient (Wildman–Crippen LogP) is 4.02. The smallest absolute Gasteiger partial charge is 0.264 e. The van der Waals surface area contributed by atoms with Gasteiger partial charge in [-0.1, -0.05) is 42.5 Å². The zero-order chi connectivity index (χ0) is 24.1. The van der Waals surface area contributed by atoms with Crippen LogP contribution in [0.15, 0.2) is 96.0 Å². The summed E-state index contributed by atoms with van der Waals surface area (Å²) in [6, 6.07) is 24.1. The molecule has 1 amide bonds. The highest BCUT2D eigenvalue weighted by Crippen LogP contribution is 2.30. The second-order valence-electron chi connectivity index (χ2n) is 7.48. The lowest BCUT2D eigenvalue weighted by Gasteiger charge is -2.21. The molecule has 34 heavy (non-hydrogen) atoms. The van der Waals surface area contributed by atoms with E-state index >= 15 is 0 Å². The van der Waals surface area contributed by atoms with Gasteiger partial charge >= 0.3 is 0 Å². The molecule has 174 valence electrons.